The number of aliphatic hydroxyl groups is 3. The molecule has 0 aliphatic heterocycles. The fourth-order valence-corrected chi connectivity index (χ4v) is 5.03. The van der Waals surface area contributed by atoms with Crippen LogP contribution in [0.5, 0.6) is 23.0 Å². The van der Waals surface area contributed by atoms with Gasteiger partial charge in [0.15, 0.2) is 17.3 Å². The molecule has 0 heterocycles. The van der Waals surface area contributed by atoms with Gasteiger partial charge in [0, 0.05) is 39.3 Å². The number of ether oxygens (including phenoxy) is 4. The lowest BCUT2D eigenvalue weighted by Crippen LogP contribution is -2.08. The minimum Gasteiger partial charge on any atom is -0.496 e. The van der Waals surface area contributed by atoms with Crippen LogP contribution in [0.15, 0.2) is 48.0 Å². The molecule has 194 valence electrons. The van der Waals surface area contributed by atoms with E-state index in [1.54, 1.807) is 31.4 Å². The Bertz CT molecular complexity index is 1330. The first kappa shape index (κ1) is 26.2. The second kappa shape index (κ2) is 11.0. The lowest BCUT2D eigenvalue weighted by molar-refractivity contribution is 0.103. The van der Waals surface area contributed by atoms with Gasteiger partial charge in [-0.1, -0.05) is 18.2 Å². The number of allylic oxidation sites excluding steroid dienone is 1. The number of rotatable bonds is 9. The van der Waals surface area contributed by atoms with Gasteiger partial charge in [-0.3, -0.25) is 4.79 Å². The second-order valence-electron chi connectivity index (χ2n) is 8.50. The highest BCUT2D eigenvalue weighted by Crippen LogP contribution is 2.51. The fourth-order valence-electron chi connectivity index (χ4n) is 5.03. The number of hydrogen-bond donors (Lipinski definition) is 3. The quantitative estimate of drug-likeness (QED) is 0.377. The summed E-state index contributed by atoms with van der Waals surface area (Å²) in [5, 5.41) is 30.2. The van der Waals surface area contributed by atoms with Gasteiger partial charge >= 0.3 is 0 Å². The molecule has 1 aliphatic rings. The molecule has 0 aromatic heterocycles. The van der Waals surface area contributed by atoms with E-state index < -0.39 is 5.92 Å². The van der Waals surface area contributed by atoms with Crippen molar-refractivity contribution in [3.63, 3.8) is 0 Å². The average molecular weight is 507 g/mol. The predicted octanol–water partition coefficient (Wildman–Crippen LogP) is 3.61. The number of benzene rings is 3. The minimum absolute atomic E-state index is 0.247. The van der Waals surface area contributed by atoms with Crippen LogP contribution in [-0.2, 0) is 19.8 Å². The largest absolute Gasteiger partial charge is 0.496 e. The second-order valence-corrected chi connectivity index (χ2v) is 8.50. The first-order chi connectivity index (χ1) is 18.0. The Labute approximate surface area is 215 Å². The van der Waals surface area contributed by atoms with Crippen molar-refractivity contribution < 1.29 is 39.1 Å². The molecule has 0 saturated carbocycles. The van der Waals surface area contributed by atoms with Crippen LogP contribution < -0.4 is 18.9 Å². The monoisotopic (exact) mass is 506 g/mol. The summed E-state index contributed by atoms with van der Waals surface area (Å²) in [4.78, 5) is 13.9. The highest BCUT2D eigenvalue weighted by molar-refractivity contribution is 6.18. The number of para-hydroxylation sites is 1. The van der Waals surface area contributed by atoms with Crippen LogP contribution in [0.3, 0.4) is 0 Å². The molecule has 8 heteroatoms. The predicted molar refractivity (Wildman–Crippen MR) is 137 cm³/mol. The Morgan fingerprint density at radius 2 is 1.46 bits per heavy atom. The van der Waals surface area contributed by atoms with Crippen LogP contribution in [0, 0.1) is 0 Å². The highest BCUT2D eigenvalue weighted by Gasteiger charge is 2.40. The third kappa shape index (κ3) is 4.44. The number of methoxy groups -OCH3 is 4. The van der Waals surface area contributed by atoms with E-state index in [2.05, 4.69) is 0 Å². The highest BCUT2D eigenvalue weighted by atomic mass is 16.5. The van der Waals surface area contributed by atoms with Crippen molar-refractivity contribution in [2.24, 2.45) is 0 Å². The summed E-state index contributed by atoms with van der Waals surface area (Å²) < 4.78 is 22.3. The normalized spacial score (nSPS) is 15.6. The molecular formula is C29H30O8. The van der Waals surface area contributed by atoms with E-state index in [1.165, 1.54) is 21.3 Å². The summed E-state index contributed by atoms with van der Waals surface area (Å²) in [6, 6.07) is 12.5. The zero-order valence-corrected chi connectivity index (χ0v) is 21.2. The molecular weight excluding hydrogens is 476 g/mol. The molecule has 8 nitrogen and oxygen atoms in total. The van der Waals surface area contributed by atoms with Gasteiger partial charge in [0.05, 0.1) is 48.3 Å². The first-order valence-corrected chi connectivity index (χ1v) is 11.7. The lowest BCUT2D eigenvalue weighted by atomic mass is 9.85. The van der Waals surface area contributed by atoms with E-state index in [-0.39, 0.29) is 25.6 Å². The maximum Gasteiger partial charge on any atom is 0.190 e. The maximum atomic E-state index is 13.9. The van der Waals surface area contributed by atoms with Crippen LogP contribution in [0.2, 0.25) is 0 Å². The molecule has 3 N–H and O–H groups in total. The van der Waals surface area contributed by atoms with Crippen molar-refractivity contribution >= 4 is 11.9 Å². The average Bonchev–Trinajstić information content (AvgIpc) is 3.21. The molecule has 3 aromatic carbocycles. The zero-order valence-electron chi connectivity index (χ0n) is 21.2. The number of fused-ring (bicyclic) bond motifs is 1. The zero-order chi connectivity index (χ0) is 26.7. The van der Waals surface area contributed by atoms with E-state index in [4.69, 9.17) is 18.9 Å². The van der Waals surface area contributed by atoms with Crippen LogP contribution >= 0.6 is 0 Å². The van der Waals surface area contributed by atoms with E-state index >= 15 is 0 Å². The van der Waals surface area contributed by atoms with Gasteiger partial charge in [-0.05, 0) is 41.5 Å². The van der Waals surface area contributed by atoms with E-state index in [9.17, 15) is 20.1 Å². The topological polar surface area (TPSA) is 115 Å². The maximum absolute atomic E-state index is 13.9. The van der Waals surface area contributed by atoms with Crippen molar-refractivity contribution in [2.75, 3.05) is 28.4 Å². The molecule has 1 aliphatic carbocycles. The van der Waals surface area contributed by atoms with Crippen molar-refractivity contribution in [1.82, 2.24) is 0 Å². The summed E-state index contributed by atoms with van der Waals surface area (Å²) in [5.41, 5.74) is 4.04. The Morgan fingerprint density at radius 3 is 2.05 bits per heavy atom. The Hall–Kier alpha value is -3.85. The molecule has 1 unspecified atom stereocenters. The molecule has 4 rings (SSSR count). The van der Waals surface area contributed by atoms with E-state index in [1.807, 2.05) is 24.3 Å². The third-order valence-electron chi connectivity index (χ3n) is 6.69. The number of Topliss-reactive ketones (excluding diaryl/α,β-unsaturated/α-hetero) is 1. The van der Waals surface area contributed by atoms with Gasteiger partial charge in [-0.15, -0.1) is 0 Å². The molecule has 0 bridgehead atoms. The van der Waals surface area contributed by atoms with Gasteiger partial charge in [0.2, 0.25) is 0 Å². The van der Waals surface area contributed by atoms with Gasteiger partial charge < -0.3 is 34.3 Å². The van der Waals surface area contributed by atoms with E-state index in [0.717, 1.165) is 0 Å². The number of hydrogen-bond acceptors (Lipinski definition) is 8. The van der Waals surface area contributed by atoms with E-state index in [0.29, 0.717) is 67.5 Å². The van der Waals surface area contributed by atoms with Gasteiger partial charge in [-0.25, -0.2) is 0 Å². The Balaban J connectivity index is 2.09. The SMILES string of the molecule is COc1ccccc1C=C1C(=O)c2cc(CO)c(CO)c(OC)c2C1c1cc(CO)c(OC)c(OC)c1. The summed E-state index contributed by atoms with van der Waals surface area (Å²) in [7, 11) is 6.02. The summed E-state index contributed by atoms with van der Waals surface area (Å²) >= 11 is 0. The lowest BCUT2D eigenvalue weighted by Gasteiger charge is -2.22. The molecule has 0 amide bonds. The summed E-state index contributed by atoms with van der Waals surface area (Å²) in [6.45, 7) is -1.06. The molecule has 0 saturated heterocycles. The third-order valence-corrected chi connectivity index (χ3v) is 6.69. The number of aliphatic hydroxyl groups excluding tert-OH is 3. The molecule has 0 spiro atoms. The van der Waals surface area contributed by atoms with Crippen LogP contribution in [-0.4, -0.2) is 49.5 Å². The minimum atomic E-state index is -0.634. The summed E-state index contributed by atoms with van der Waals surface area (Å²) in [6.07, 6.45) is 1.78. The van der Waals surface area contributed by atoms with Gasteiger partial charge in [0.25, 0.3) is 0 Å². The standard InChI is InChI=1S/C29H30O8/c1-34-23-8-6-5-7-16(23)10-20-25(17-9-19(14-31)28(36-3)24(12-17)35-2)26-21(27(20)33)11-18(13-30)22(15-32)29(26)37-4/h5-12,25,30-32H,13-15H2,1-4H3. The van der Waals surface area contributed by atoms with Crippen molar-refractivity contribution in [3.8, 4) is 23.0 Å². The van der Waals surface area contributed by atoms with Crippen molar-refractivity contribution in [3.05, 3.63) is 87.0 Å². The first-order valence-electron chi connectivity index (χ1n) is 11.7. The molecule has 3 aromatic rings. The molecule has 1 atom stereocenters. The fraction of sp³-hybridized carbons (Fsp3) is 0.276. The number of carbonyl (C=O) groups excluding carboxylic acids is 1. The van der Waals surface area contributed by atoms with Crippen molar-refractivity contribution in [1.29, 1.82) is 0 Å². The van der Waals surface area contributed by atoms with Crippen LogP contribution in [0.1, 0.15) is 49.7 Å². The molecule has 37 heavy (non-hydrogen) atoms. The number of carbonyl (C=O) groups is 1. The number of ketones is 1. The smallest absolute Gasteiger partial charge is 0.190 e. The van der Waals surface area contributed by atoms with Gasteiger partial charge in [-0.2, -0.15) is 0 Å². The Morgan fingerprint density at radius 1 is 0.784 bits per heavy atom. The summed E-state index contributed by atoms with van der Waals surface area (Å²) in [5.74, 6) is 0.836. The molecule has 0 fully saturated rings. The molecule has 0 radical (unpaired) electrons. The van der Waals surface area contributed by atoms with Crippen molar-refractivity contribution in [2.45, 2.75) is 25.7 Å². The van der Waals surface area contributed by atoms with Crippen LogP contribution in [0.4, 0.5) is 0 Å². The Kier molecular flexibility index (Phi) is 7.83. The van der Waals surface area contributed by atoms with Gasteiger partial charge in [0.1, 0.15) is 11.5 Å². The van der Waals surface area contributed by atoms with Crippen LogP contribution in [0.25, 0.3) is 6.08 Å².